The van der Waals surface area contributed by atoms with Crippen LogP contribution in [0.25, 0.3) is 22.3 Å². The van der Waals surface area contributed by atoms with Crippen molar-refractivity contribution in [1.82, 2.24) is 30.0 Å². The zero-order valence-corrected chi connectivity index (χ0v) is 28.5. The first-order valence-corrected chi connectivity index (χ1v) is 17.5. The summed E-state index contributed by atoms with van der Waals surface area (Å²) in [4.78, 5) is 50.0. The van der Waals surface area contributed by atoms with Crippen LogP contribution in [0.4, 0.5) is 5.82 Å². The lowest BCUT2D eigenvalue weighted by atomic mass is 9.32. The number of amidine groups is 1. The quantitative estimate of drug-likeness (QED) is 0.177. The van der Waals surface area contributed by atoms with E-state index >= 15 is 0 Å². The summed E-state index contributed by atoms with van der Waals surface area (Å²) in [6.45, 7) is 7.61. The number of nitrogens with zero attached hydrogens (tertiary/aromatic N) is 7. The molecular weight excluding hydrogens is 620 g/mol. The Morgan fingerprint density at radius 3 is 2.67 bits per heavy atom. The molecule has 3 saturated carbocycles. The Balaban J connectivity index is 0.879. The topological polar surface area (TPSA) is 160 Å². The van der Waals surface area contributed by atoms with E-state index in [9.17, 15) is 9.59 Å². The number of hydrogen-bond donors (Lipinski definition) is 3. The summed E-state index contributed by atoms with van der Waals surface area (Å²) < 4.78 is 5.68. The fraction of sp³-hybridized carbons (Fsp3) is 0.528. The van der Waals surface area contributed by atoms with Crippen LogP contribution in [0.3, 0.4) is 0 Å². The summed E-state index contributed by atoms with van der Waals surface area (Å²) in [5, 5.41) is 7.56. The van der Waals surface area contributed by atoms with Gasteiger partial charge in [0.1, 0.15) is 17.0 Å². The van der Waals surface area contributed by atoms with Crippen LogP contribution in [0.15, 0.2) is 47.1 Å². The molecule has 2 bridgehead atoms. The third kappa shape index (κ3) is 5.29. The molecule has 6 aliphatic rings. The minimum absolute atomic E-state index is 0.0359. The molecule has 9 rings (SSSR count). The molecule has 4 N–H and O–H groups in total. The van der Waals surface area contributed by atoms with Crippen molar-refractivity contribution in [3.63, 3.8) is 0 Å². The van der Waals surface area contributed by atoms with Gasteiger partial charge in [-0.2, -0.15) is 5.10 Å². The number of likely N-dealkylation sites (tertiary alicyclic amines) is 1. The van der Waals surface area contributed by atoms with Crippen molar-refractivity contribution in [2.24, 2.45) is 27.0 Å². The maximum absolute atomic E-state index is 14.0. The predicted octanol–water partition coefficient (Wildman–Crippen LogP) is 1.66. The summed E-state index contributed by atoms with van der Waals surface area (Å²) in [6.07, 6.45) is 11.3. The number of carbonyl (C=O) groups is 2. The highest BCUT2D eigenvalue weighted by Crippen LogP contribution is 2.76. The van der Waals surface area contributed by atoms with E-state index in [1.54, 1.807) is 12.5 Å². The van der Waals surface area contributed by atoms with Crippen molar-refractivity contribution in [3.05, 3.63) is 42.1 Å². The first-order chi connectivity index (χ1) is 23.6. The molecule has 3 aromatic rings. The molecule has 13 heteroatoms. The van der Waals surface area contributed by atoms with E-state index in [4.69, 9.17) is 15.5 Å². The number of nitrogens with two attached hydrogens (primary N) is 1. The number of aliphatic imine (C=N–C) groups is 1. The molecule has 3 aromatic heterocycles. The Bertz CT molecular complexity index is 1880. The fourth-order valence-corrected chi connectivity index (χ4v) is 8.92. The molecule has 2 saturated heterocycles. The van der Waals surface area contributed by atoms with Gasteiger partial charge in [0, 0.05) is 44.0 Å². The SMILES string of the molecule is C[NH+]=CN=C(N)C12CC(C3=CCN(C(=O)CN4CC[C@]5(CCN(c6ccc7[nH]nc(-c8ccc(OC(C)C)nc8)c7n6)C5=O)C4)CC3)(C1)C2. The van der Waals surface area contributed by atoms with Crippen LogP contribution in [0.2, 0.25) is 0 Å². The van der Waals surface area contributed by atoms with Crippen molar-refractivity contribution in [3.8, 4) is 17.1 Å². The fourth-order valence-electron chi connectivity index (χ4n) is 8.92. The highest BCUT2D eigenvalue weighted by Gasteiger charge is 2.72. The third-order valence-electron chi connectivity index (χ3n) is 11.5. The molecule has 3 aliphatic carbocycles. The van der Waals surface area contributed by atoms with Crippen LogP contribution < -0.4 is 20.4 Å². The van der Waals surface area contributed by atoms with Gasteiger partial charge in [0.15, 0.2) is 0 Å². The minimum Gasteiger partial charge on any atom is -0.475 e. The Morgan fingerprint density at radius 2 is 1.96 bits per heavy atom. The van der Waals surface area contributed by atoms with Crippen molar-refractivity contribution >= 4 is 40.8 Å². The number of aromatic nitrogens is 4. The van der Waals surface area contributed by atoms with E-state index in [2.05, 4.69) is 36.1 Å². The largest absolute Gasteiger partial charge is 0.475 e. The van der Waals surface area contributed by atoms with Crippen LogP contribution in [0, 0.1) is 16.2 Å². The Hall–Kier alpha value is -4.65. The van der Waals surface area contributed by atoms with Gasteiger partial charge in [0.2, 0.25) is 23.5 Å². The zero-order valence-electron chi connectivity index (χ0n) is 28.5. The van der Waals surface area contributed by atoms with Crippen LogP contribution in [-0.4, -0.2) is 106 Å². The van der Waals surface area contributed by atoms with Gasteiger partial charge < -0.3 is 15.4 Å². The van der Waals surface area contributed by atoms with Crippen LogP contribution in [-0.2, 0) is 9.59 Å². The molecule has 13 nitrogen and oxygen atoms in total. The highest BCUT2D eigenvalue weighted by molar-refractivity contribution is 6.01. The van der Waals surface area contributed by atoms with E-state index in [-0.39, 0.29) is 28.7 Å². The summed E-state index contributed by atoms with van der Waals surface area (Å²) in [5.74, 6) is 2.14. The van der Waals surface area contributed by atoms with Crippen molar-refractivity contribution in [1.29, 1.82) is 0 Å². The number of nitrogens with one attached hydrogen (secondary N) is 2. The summed E-state index contributed by atoms with van der Waals surface area (Å²) in [6, 6.07) is 7.55. The number of fused-ring (bicyclic) bond motifs is 1. The van der Waals surface area contributed by atoms with Gasteiger partial charge in [-0.15, -0.1) is 0 Å². The van der Waals surface area contributed by atoms with Gasteiger partial charge >= 0.3 is 0 Å². The van der Waals surface area contributed by atoms with E-state index in [1.165, 1.54) is 5.57 Å². The number of H-pyrrole nitrogens is 1. The number of aromatic amines is 1. The summed E-state index contributed by atoms with van der Waals surface area (Å²) in [5.41, 5.74) is 10.6. The second-order valence-electron chi connectivity index (χ2n) is 15.0. The molecule has 0 unspecified atom stereocenters. The number of pyridine rings is 2. The molecule has 6 heterocycles. The highest BCUT2D eigenvalue weighted by atomic mass is 16.5. The summed E-state index contributed by atoms with van der Waals surface area (Å²) in [7, 11) is 1.82. The number of ether oxygens (including phenoxy) is 1. The van der Waals surface area contributed by atoms with Crippen LogP contribution in [0.1, 0.15) is 52.4 Å². The lowest BCUT2D eigenvalue weighted by Crippen LogP contribution is -2.68. The maximum atomic E-state index is 14.0. The van der Waals surface area contributed by atoms with Crippen molar-refractivity contribution in [2.75, 3.05) is 51.2 Å². The van der Waals surface area contributed by atoms with Crippen molar-refractivity contribution in [2.45, 2.75) is 58.5 Å². The molecule has 0 aromatic carbocycles. The number of anilines is 1. The smallest absolute Gasteiger partial charge is 0.281 e. The van der Waals surface area contributed by atoms with E-state index in [0.29, 0.717) is 49.1 Å². The number of rotatable bonds is 9. The molecule has 49 heavy (non-hydrogen) atoms. The van der Waals surface area contributed by atoms with E-state index in [1.807, 2.05) is 55.0 Å². The molecule has 256 valence electrons. The monoisotopic (exact) mass is 665 g/mol. The first kappa shape index (κ1) is 31.6. The zero-order chi connectivity index (χ0) is 34.0. The molecule has 3 aliphatic heterocycles. The lowest BCUT2D eigenvalue weighted by Gasteiger charge is -2.70. The Morgan fingerprint density at radius 1 is 1.14 bits per heavy atom. The molecule has 1 atom stereocenters. The molecule has 0 radical (unpaired) electrons. The molecule has 2 amide bonds. The number of amides is 2. The van der Waals surface area contributed by atoms with Crippen molar-refractivity contribution < 1.29 is 19.3 Å². The maximum Gasteiger partial charge on any atom is 0.281 e. The van der Waals surface area contributed by atoms with Gasteiger partial charge in [-0.1, -0.05) is 11.6 Å². The predicted molar refractivity (Wildman–Crippen MR) is 186 cm³/mol. The van der Waals surface area contributed by atoms with E-state index in [0.717, 1.165) is 68.5 Å². The Labute approximate surface area is 285 Å². The second-order valence-corrected chi connectivity index (χ2v) is 15.0. The van der Waals surface area contributed by atoms with Crippen LogP contribution >= 0.6 is 0 Å². The normalized spacial score (nSPS) is 28.5. The lowest BCUT2D eigenvalue weighted by molar-refractivity contribution is -0.414. The average Bonchev–Trinajstić information content (AvgIpc) is 3.76. The molecular formula is C36H45N10O3+. The third-order valence-corrected chi connectivity index (χ3v) is 11.5. The van der Waals surface area contributed by atoms with Gasteiger partial charge in [0.05, 0.1) is 36.0 Å². The number of hydrogen-bond acceptors (Lipinski definition) is 7. The van der Waals surface area contributed by atoms with Gasteiger partial charge in [-0.25, -0.2) is 9.97 Å². The summed E-state index contributed by atoms with van der Waals surface area (Å²) >= 11 is 0. The van der Waals surface area contributed by atoms with Gasteiger partial charge in [0.25, 0.3) is 6.34 Å². The second kappa shape index (κ2) is 11.7. The van der Waals surface area contributed by atoms with Gasteiger partial charge in [-0.3, -0.25) is 29.5 Å². The molecule has 5 fully saturated rings. The number of carbonyl (C=O) groups excluding carboxylic acids is 2. The van der Waals surface area contributed by atoms with Crippen LogP contribution in [0.5, 0.6) is 5.88 Å². The van der Waals surface area contributed by atoms with Gasteiger partial charge in [-0.05, 0) is 87.5 Å². The molecule has 1 spiro atoms. The Kier molecular flexibility index (Phi) is 7.58. The average molecular weight is 666 g/mol. The first-order valence-electron chi connectivity index (χ1n) is 17.5. The van der Waals surface area contributed by atoms with E-state index < -0.39 is 5.41 Å². The minimum atomic E-state index is -0.489. The standard InChI is InChI=1S/C36H44N10O3/c1-23(2)49-28-7-4-24(16-39-28)30-31-26(42-43-30)5-6-27(41-31)46-15-11-34(33(46)48)10-14-44(21-34)17-29(47)45-12-8-25(9-13-45)35-18-36(19-35,20-35)32(37)40-22-38-3/h4-8,16,22-23H,9-15,17-21H2,1-3H3,(H,42,43)(H2,37,38,40)/p+1/t34-,35?,36?/m0/s1.